The molecule has 8 nitrogen and oxygen atoms in total. The summed E-state index contributed by atoms with van der Waals surface area (Å²) in [4.78, 5) is 10.5. The summed E-state index contributed by atoms with van der Waals surface area (Å²) >= 11 is 17.8. The second kappa shape index (κ2) is 8.40. The summed E-state index contributed by atoms with van der Waals surface area (Å²) in [5.41, 5.74) is -0.531. The lowest BCUT2D eigenvalue weighted by Crippen LogP contribution is -2.40. The quantitative estimate of drug-likeness (QED) is 0.368. The second-order valence-electron chi connectivity index (χ2n) is 5.70. The highest BCUT2D eigenvalue weighted by molar-refractivity contribution is 7.89. The molecule has 0 saturated carbocycles. The van der Waals surface area contributed by atoms with Gasteiger partial charge in [0.05, 0.1) is 38.1 Å². The van der Waals surface area contributed by atoms with Crippen molar-refractivity contribution in [3.63, 3.8) is 0 Å². The van der Waals surface area contributed by atoms with E-state index in [0.717, 1.165) is 6.07 Å². The molecule has 1 saturated heterocycles. The van der Waals surface area contributed by atoms with Crippen LogP contribution in [-0.2, 0) is 14.8 Å². The van der Waals surface area contributed by atoms with E-state index in [2.05, 4.69) is 0 Å². The topological polar surface area (TPSA) is 99.0 Å². The molecule has 0 aromatic heterocycles. The van der Waals surface area contributed by atoms with Gasteiger partial charge < -0.3 is 9.47 Å². The van der Waals surface area contributed by atoms with E-state index in [0.29, 0.717) is 0 Å². The normalized spacial score (nSPS) is 15.4. The maximum atomic E-state index is 12.7. The van der Waals surface area contributed by atoms with Gasteiger partial charge in [0.25, 0.3) is 0 Å². The fourth-order valence-electron chi connectivity index (χ4n) is 2.52. The summed E-state index contributed by atoms with van der Waals surface area (Å²) in [7, 11) is -3.90. The molecule has 1 aliphatic rings. The van der Waals surface area contributed by atoms with Crippen LogP contribution in [-0.4, -0.2) is 43.9 Å². The number of ether oxygens (including phenoxy) is 2. The van der Waals surface area contributed by atoms with E-state index in [4.69, 9.17) is 44.3 Å². The van der Waals surface area contributed by atoms with E-state index in [1.807, 2.05) is 0 Å². The number of nitro groups is 1. The Balaban J connectivity index is 1.98. The van der Waals surface area contributed by atoms with Crippen molar-refractivity contribution in [2.24, 2.45) is 0 Å². The molecule has 0 spiro atoms. The van der Waals surface area contributed by atoms with Gasteiger partial charge in [-0.2, -0.15) is 4.31 Å². The molecular formula is C16H13Cl3N2O6S. The van der Waals surface area contributed by atoms with Crippen molar-refractivity contribution in [2.75, 3.05) is 26.3 Å². The number of nitro benzene ring substituents is 1. The first-order chi connectivity index (χ1) is 13.2. The maximum Gasteiger partial charge on any atom is 0.312 e. The minimum atomic E-state index is -3.90. The van der Waals surface area contributed by atoms with Gasteiger partial charge in [-0.05, 0) is 18.2 Å². The first-order valence-corrected chi connectivity index (χ1v) is 10.5. The number of nitrogens with zero attached hydrogens (tertiary/aromatic N) is 2. The number of halogens is 3. The van der Waals surface area contributed by atoms with Crippen LogP contribution in [0.25, 0.3) is 0 Å². The molecule has 0 radical (unpaired) electrons. The monoisotopic (exact) mass is 466 g/mol. The highest BCUT2D eigenvalue weighted by Crippen LogP contribution is 2.40. The maximum absolute atomic E-state index is 12.7. The van der Waals surface area contributed by atoms with Gasteiger partial charge in [-0.3, -0.25) is 10.1 Å². The Morgan fingerprint density at radius 3 is 2.29 bits per heavy atom. The van der Waals surface area contributed by atoms with Crippen molar-refractivity contribution in [3.05, 3.63) is 55.5 Å². The Morgan fingerprint density at radius 2 is 1.64 bits per heavy atom. The standard InChI is InChI=1S/C16H13Cl3N2O6S/c17-11-8-13(19)16(9-12(11)18)27-15-2-1-10(7-14(15)21(22)23)28(24,25)20-3-5-26-6-4-20/h1-2,7-9H,3-6H2. The van der Waals surface area contributed by atoms with Crippen LogP contribution in [0, 0.1) is 10.1 Å². The van der Waals surface area contributed by atoms with E-state index in [1.54, 1.807) is 0 Å². The van der Waals surface area contributed by atoms with E-state index in [1.165, 1.54) is 28.6 Å². The van der Waals surface area contributed by atoms with Crippen molar-refractivity contribution in [1.82, 2.24) is 4.31 Å². The molecule has 1 heterocycles. The van der Waals surface area contributed by atoms with Crippen molar-refractivity contribution in [3.8, 4) is 11.5 Å². The van der Waals surface area contributed by atoms with Gasteiger partial charge in [-0.1, -0.05) is 34.8 Å². The predicted octanol–water partition coefficient (Wildman–Crippen LogP) is 4.37. The summed E-state index contributed by atoms with van der Waals surface area (Å²) in [6.07, 6.45) is 0. The van der Waals surface area contributed by atoms with Gasteiger partial charge >= 0.3 is 5.69 Å². The van der Waals surface area contributed by atoms with E-state index >= 15 is 0 Å². The largest absolute Gasteiger partial charge is 0.448 e. The zero-order valence-corrected chi connectivity index (χ0v) is 17.2. The minimum Gasteiger partial charge on any atom is -0.448 e. The van der Waals surface area contributed by atoms with Crippen molar-refractivity contribution in [2.45, 2.75) is 4.90 Å². The number of hydrogen-bond acceptors (Lipinski definition) is 6. The Hall–Kier alpha value is -1.62. The van der Waals surface area contributed by atoms with Gasteiger partial charge in [0, 0.05) is 25.2 Å². The van der Waals surface area contributed by atoms with Gasteiger partial charge in [0.15, 0.2) is 0 Å². The smallest absolute Gasteiger partial charge is 0.312 e. The van der Waals surface area contributed by atoms with Crippen LogP contribution in [0.4, 0.5) is 5.69 Å². The molecule has 0 N–H and O–H groups in total. The average Bonchev–Trinajstić information content (AvgIpc) is 2.66. The van der Waals surface area contributed by atoms with Crippen molar-refractivity contribution < 1.29 is 22.8 Å². The van der Waals surface area contributed by atoms with Crippen LogP contribution in [0.5, 0.6) is 11.5 Å². The van der Waals surface area contributed by atoms with Crippen LogP contribution in [0.2, 0.25) is 15.1 Å². The highest BCUT2D eigenvalue weighted by atomic mass is 35.5. The fraction of sp³-hybridized carbons (Fsp3) is 0.250. The lowest BCUT2D eigenvalue weighted by molar-refractivity contribution is -0.385. The zero-order chi connectivity index (χ0) is 20.5. The lowest BCUT2D eigenvalue weighted by atomic mass is 10.3. The highest BCUT2D eigenvalue weighted by Gasteiger charge is 2.29. The Kier molecular flexibility index (Phi) is 6.33. The number of sulfonamides is 1. The second-order valence-corrected chi connectivity index (χ2v) is 8.86. The summed E-state index contributed by atoms with van der Waals surface area (Å²) in [6.45, 7) is 0.872. The summed E-state index contributed by atoms with van der Waals surface area (Å²) in [5, 5.41) is 11.9. The Labute approximate surface area is 175 Å². The van der Waals surface area contributed by atoms with Crippen LogP contribution >= 0.6 is 34.8 Å². The molecule has 2 aromatic rings. The number of morpholine rings is 1. The van der Waals surface area contributed by atoms with E-state index in [-0.39, 0.29) is 57.8 Å². The average molecular weight is 468 g/mol. The van der Waals surface area contributed by atoms with E-state index < -0.39 is 20.6 Å². The van der Waals surface area contributed by atoms with Crippen molar-refractivity contribution >= 4 is 50.5 Å². The molecule has 1 fully saturated rings. The molecule has 12 heteroatoms. The predicted molar refractivity (Wildman–Crippen MR) is 104 cm³/mol. The van der Waals surface area contributed by atoms with Gasteiger partial charge in [-0.15, -0.1) is 0 Å². The molecule has 150 valence electrons. The minimum absolute atomic E-state index is 0.0444. The first kappa shape index (κ1) is 21.1. The summed E-state index contributed by atoms with van der Waals surface area (Å²) in [6, 6.07) is 6.03. The molecule has 0 unspecified atom stereocenters. The van der Waals surface area contributed by atoms with Crippen LogP contribution < -0.4 is 4.74 Å². The third-order valence-electron chi connectivity index (χ3n) is 3.93. The van der Waals surface area contributed by atoms with Crippen molar-refractivity contribution in [1.29, 1.82) is 0 Å². The molecular weight excluding hydrogens is 455 g/mol. The number of rotatable bonds is 5. The third-order valence-corrected chi connectivity index (χ3v) is 6.84. The molecule has 0 atom stereocenters. The Bertz CT molecular complexity index is 1030. The van der Waals surface area contributed by atoms with Gasteiger partial charge in [0.1, 0.15) is 5.75 Å². The third kappa shape index (κ3) is 4.35. The molecule has 1 aliphatic heterocycles. The van der Waals surface area contributed by atoms with Crippen LogP contribution in [0.3, 0.4) is 0 Å². The summed E-state index contributed by atoms with van der Waals surface area (Å²) in [5.74, 6) is -0.144. The molecule has 0 bridgehead atoms. The number of benzene rings is 2. The molecule has 2 aromatic carbocycles. The zero-order valence-electron chi connectivity index (χ0n) is 14.1. The molecule has 3 rings (SSSR count). The Morgan fingerprint density at radius 1 is 1.00 bits per heavy atom. The van der Waals surface area contributed by atoms with Crippen LogP contribution in [0.15, 0.2) is 35.2 Å². The molecule has 0 amide bonds. The van der Waals surface area contributed by atoms with Gasteiger partial charge in [0.2, 0.25) is 15.8 Å². The van der Waals surface area contributed by atoms with Gasteiger partial charge in [-0.25, -0.2) is 8.42 Å². The lowest BCUT2D eigenvalue weighted by Gasteiger charge is -2.26. The SMILES string of the molecule is O=[N+]([O-])c1cc(S(=O)(=O)N2CCOCC2)ccc1Oc1cc(Cl)c(Cl)cc1Cl. The van der Waals surface area contributed by atoms with Crippen LogP contribution in [0.1, 0.15) is 0 Å². The molecule has 0 aliphatic carbocycles. The van der Waals surface area contributed by atoms with E-state index in [9.17, 15) is 18.5 Å². The first-order valence-electron chi connectivity index (χ1n) is 7.89. The number of hydrogen-bond donors (Lipinski definition) is 0. The molecule has 28 heavy (non-hydrogen) atoms. The summed E-state index contributed by atoms with van der Waals surface area (Å²) < 4.78 is 37.3. The fourth-order valence-corrected chi connectivity index (χ4v) is 4.53.